The molecule has 9 aromatic rings. The third kappa shape index (κ3) is 3.78. The minimum absolute atomic E-state index is 0.844. The van der Waals surface area contributed by atoms with Crippen molar-refractivity contribution >= 4 is 44.1 Å². The van der Waals surface area contributed by atoms with E-state index in [4.69, 9.17) is 9.97 Å². The maximum atomic E-state index is 5.43. The molecule has 0 aliphatic heterocycles. The van der Waals surface area contributed by atoms with Crippen molar-refractivity contribution in [1.82, 2.24) is 19.1 Å². The molecule has 0 aliphatic carbocycles. The Morgan fingerprint density at radius 3 is 1.11 bits per heavy atom. The SMILES string of the molecule is c1ccc(-c2ccc(-n3c4ccccc4c4nc5c6ccccc6n(-c6ccc(-c7ccccc7)cc6)c5nc43)cc2)cc1. The molecule has 9 rings (SSSR count). The van der Waals surface area contributed by atoms with Gasteiger partial charge in [-0.15, -0.1) is 0 Å². The van der Waals surface area contributed by atoms with Gasteiger partial charge in [-0.1, -0.05) is 121 Å². The number of nitrogens with zero attached hydrogens (tertiary/aromatic N) is 4. The zero-order chi connectivity index (χ0) is 29.0. The lowest BCUT2D eigenvalue weighted by molar-refractivity contribution is 1.10. The smallest absolute Gasteiger partial charge is 0.166 e. The molecular formula is C40H26N4. The Labute approximate surface area is 254 Å². The first-order valence-corrected chi connectivity index (χ1v) is 14.9. The van der Waals surface area contributed by atoms with E-state index in [9.17, 15) is 0 Å². The molecule has 0 aliphatic rings. The molecule has 0 saturated heterocycles. The Hall–Kier alpha value is -6.00. The van der Waals surface area contributed by atoms with E-state index < -0.39 is 0 Å². The largest absolute Gasteiger partial charge is 0.292 e. The van der Waals surface area contributed by atoms with Crippen LogP contribution in [0.15, 0.2) is 158 Å². The van der Waals surface area contributed by atoms with Crippen molar-refractivity contribution in [2.45, 2.75) is 0 Å². The molecule has 44 heavy (non-hydrogen) atoms. The van der Waals surface area contributed by atoms with E-state index in [1.807, 2.05) is 12.1 Å². The second-order valence-electron chi connectivity index (χ2n) is 11.1. The van der Waals surface area contributed by atoms with Crippen molar-refractivity contribution in [3.8, 4) is 33.6 Å². The number of para-hydroxylation sites is 2. The van der Waals surface area contributed by atoms with Gasteiger partial charge >= 0.3 is 0 Å². The van der Waals surface area contributed by atoms with E-state index >= 15 is 0 Å². The topological polar surface area (TPSA) is 35.6 Å². The molecule has 6 aromatic carbocycles. The molecule has 0 saturated carbocycles. The van der Waals surface area contributed by atoms with Crippen molar-refractivity contribution in [3.05, 3.63) is 158 Å². The molecule has 206 valence electrons. The Kier molecular flexibility index (Phi) is 5.47. The van der Waals surface area contributed by atoms with Crippen molar-refractivity contribution in [3.63, 3.8) is 0 Å². The van der Waals surface area contributed by atoms with Gasteiger partial charge in [-0.3, -0.25) is 9.13 Å². The van der Waals surface area contributed by atoms with Crippen LogP contribution >= 0.6 is 0 Å². The second-order valence-corrected chi connectivity index (χ2v) is 11.1. The van der Waals surface area contributed by atoms with Crippen molar-refractivity contribution in [2.24, 2.45) is 0 Å². The number of fused-ring (bicyclic) bond motifs is 6. The van der Waals surface area contributed by atoms with Gasteiger partial charge in [0.25, 0.3) is 0 Å². The van der Waals surface area contributed by atoms with Crippen molar-refractivity contribution in [2.75, 3.05) is 0 Å². The Morgan fingerprint density at radius 2 is 0.682 bits per heavy atom. The van der Waals surface area contributed by atoms with Crippen LogP contribution in [0.1, 0.15) is 0 Å². The molecule has 0 radical (unpaired) electrons. The number of rotatable bonds is 4. The summed E-state index contributed by atoms with van der Waals surface area (Å²) in [5.41, 5.74) is 12.6. The van der Waals surface area contributed by atoms with Gasteiger partial charge in [-0.05, 0) is 58.7 Å². The fourth-order valence-electron chi connectivity index (χ4n) is 6.45. The number of hydrogen-bond donors (Lipinski definition) is 0. The molecule has 3 aromatic heterocycles. The fourth-order valence-corrected chi connectivity index (χ4v) is 6.45. The molecule has 4 nitrogen and oxygen atoms in total. The summed E-state index contributed by atoms with van der Waals surface area (Å²) < 4.78 is 4.48. The first kappa shape index (κ1) is 24.6. The molecule has 0 N–H and O–H groups in total. The van der Waals surface area contributed by atoms with E-state index in [1.165, 1.54) is 22.3 Å². The van der Waals surface area contributed by atoms with E-state index in [-0.39, 0.29) is 0 Å². The molecule has 0 spiro atoms. The summed E-state index contributed by atoms with van der Waals surface area (Å²) in [6.07, 6.45) is 0. The minimum atomic E-state index is 0.844. The molecule has 0 bridgehead atoms. The molecule has 0 atom stereocenters. The van der Waals surface area contributed by atoms with Crippen molar-refractivity contribution in [1.29, 1.82) is 0 Å². The van der Waals surface area contributed by atoms with Gasteiger partial charge in [0.2, 0.25) is 0 Å². The highest BCUT2D eigenvalue weighted by molar-refractivity contribution is 6.12. The molecule has 0 unspecified atom stereocenters. The van der Waals surface area contributed by atoms with Gasteiger partial charge in [-0.2, -0.15) is 0 Å². The van der Waals surface area contributed by atoms with Crippen LogP contribution in [-0.4, -0.2) is 19.1 Å². The number of aromatic nitrogens is 4. The second kappa shape index (κ2) is 9.79. The Balaban J connectivity index is 1.29. The first-order chi connectivity index (χ1) is 21.8. The van der Waals surface area contributed by atoms with Gasteiger partial charge in [-0.25, -0.2) is 9.97 Å². The summed E-state index contributed by atoms with van der Waals surface area (Å²) in [4.78, 5) is 10.8. The normalized spacial score (nSPS) is 11.6. The van der Waals surface area contributed by atoms with E-state index in [2.05, 4.69) is 155 Å². The van der Waals surface area contributed by atoms with Crippen LogP contribution in [0.3, 0.4) is 0 Å². The number of benzene rings is 6. The highest BCUT2D eigenvalue weighted by Crippen LogP contribution is 2.36. The standard InChI is InChI=1S/C40H26N4/c1-3-11-27(12-4-1)29-19-23-31(24-20-29)43-35-17-9-7-15-33(35)37-39(43)42-40-38(41-37)34-16-8-10-18-36(34)44(40)32-25-21-30(22-26-32)28-13-5-2-6-14-28/h1-26H. The third-order valence-electron chi connectivity index (χ3n) is 8.55. The summed E-state index contributed by atoms with van der Waals surface area (Å²) in [6, 6.07) is 55.3. The molecule has 3 heterocycles. The lowest BCUT2D eigenvalue weighted by Gasteiger charge is -2.10. The zero-order valence-electron chi connectivity index (χ0n) is 23.8. The Morgan fingerprint density at radius 1 is 0.318 bits per heavy atom. The quantitative estimate of drug-likeness (QED) is 0.214. The van der Waals surface area contributed by atoms with Crippen LogP contribution in [0.2, 0.25) is 0 Å². The van der Waals surface area contributed by atoms with Crippen molar-refractivity contribution < 1.29 is 0 Å². The summed E-state index contributed by atoms with van der Waals surface area (Å²) in [5, 5.41) is 2.18. The predicted molar refractivity (Wildman–Crippen MR) is 182 cm³/mol. The van der Waals surface area contributed by atoms with Crippen LogP contribution < -0.4 is 0 Å². The third-order valence-corrected chi connectivity index (χ3v) is 8.55. The van der Waals surface area contributed by atoms with Gasteiger partial charge in [0.15, 0.2) is 11.3 Å². The fraction of sp³-hybridized carbons (Fsp3) is 0. The van der Waals surface area contributed by atoms with Crippen LogP contribution in [0.4, 0.5) is 0 Å². The Bertz CT molecular complexity index is 2280. The molecule has 4 heteroatoms. The summed E-state index contributed by atoms with van der Waals surface area (Å²) in [5.74, 6) is 0. The van der Waals surface area contributed by atoms with E-state index in [1.54, 1.807) is 0 Å². The van der Waals surface area contributed by atoms with Crippen LogP contribution in [0.25, 0.3) is 77.8 Å². The highest BCUT2D eigenvalue weighted by Gasteiger charge is 2.21. The predicted octanol–water partition coefficient (Wildman–Crippen LogP) is 10.0. The van der Waals surface area contributed by atoms with Gasteiger partial charge in [0.05, 0.1) is 11.0 Å². The van der Waals surface area contributed by atoms with Gasteiger partial charge < -0.3 is 0 Å². The molecule has 0 fully saturated rings. The maximum Gasteiger partial charge on any atom is 0.166 e. The first-order valence-electron chi connectivity index (χ1n) is 14.9. The van der Waals surface area contributed by atoms with E-state index in [0.717, 1.165) is 55.5 Å². The summed E-state index contributed by atoms with van der Waals surface area (Å²) in [6.45, 7) is 0. The van der Waals surface area contributed by atoms with E-state index in [0.29, 0.717) is 0 Å². The summed E-state index contributed by atoms with van der Waals surface area (Å²) >= 11 is 0. The zero-order valence-corrected chi connectivity index (χ0v) is 23.8. The average molecular weight is 563 g/mol. The van der Waals surface area contributed by atoms with Crippen LogP contribution in [0, 0.1) is 0 Å². The lowest BCUT2D eigenvalue weighted by atomic mass is 10.1. The van der Waals surface area contributed by atoms with Crippen LogP contribution in [-0.2, 0) is 0 Å². The van der Waals surface area contributed by atoms with Crippen LogP contribution in [0.5, 0.6) is 0 Å². The van der Waals surface area contributed by atoms with Gasteiger partial charge in [0.1, 0.15) is 11.0 Å². The monoisotopic (exact) mass is 562 g/mol. The van der Waals surface area contributed by atoms with Gasteiger partial charge in [0, 0.05) is 22.1 Å². The molecule has 0 amide bonds. The molecular weight excluding hydrogens is 536 g/mol. The maximum absolute atomic E-state index is 5.43. The number of hydrogen-bond acceptors (Lipinski definition) is 2. The minimum Gasteiger partial charge on any atom is -0.292 e. The average Bonchev–Trinajstić information content (AvgIpc) is 3.60. The summed E-state index contributed by atoms with van der Waals surface area (Å²) in [7, 11) is 0. The lowest BCUT2D eigenvalue weighted by Crippen LogP contribution is -1.99. The highest BCUT2D eigenvalue weighted by atomic mass is 15.1.